The zero-order valence-electron chi connectivity index (χ0n) is 11.5. The third-order valence-electron chi connectivity index (χ3n) is 2.94. The summed E-state index contributed by atoms with van der Waals surface area (Å²) in [7, 11) is 0. The molecule has 0 aliphatic heterocycles. The summed E-state index contributed by atoms with van der Waals surface area (Å²) in [5.74, 6) is 0. The van der Waals surface area contributed by atoms with E-state index in [4.69, 9.17) is 5.11 Å². The van der Waals surface area contributed by atoms with Gasteiger partial charge in [0.15, 0.2) is 0 Å². The minimum absolute atomic E-state index is 0.108. The van der Waals surface area contributed by atoms with Crippen LogP contribution in [0.2, 0.25) is 0 Å². The van der Waals surface area contributed by atoms with Crippen LogP contribution in [0.5, 0.6) is 0 Å². The van der Waals surface area contributed by atoms with Gasteiger partial charge in [-0.3, -0.25) is 14.8 Å². The first-order chi connectivity index (χ1) is 10.2. The standard InChI is InChI=1S/C13H17N5O3/c19-7-3-6-17-10-12(15-16-17)9-14-8-11-4-1-2-5-13(11)18(20)21/h1-2,4-5,10,14,19H,3,6-9H2. The Morgan fingerprint density at radius 1 is 1.33 bits per heavy atom. The predicted molar refractivity (Wildman–Crippen MR) is 75.4 cm³/mol. The molecule has 0 atom stereocenters. The number of benzene rings is 1. The molecule has 2 aromatic rings. The highest BCUT2D eigenvalue weighted by atomic mass is 16.6. The van der Waals surface area contributed by atoms with Gasteiger partial charge < -0.3 is 10.4 Å². The summed E-state index contributed by atoms with van der Waals surface area (Å²) in [6, 6.07) is 6.63. The smallest absolute Gasteiger partial charge is 0.273 e. The summed E-state index contributed by atoms with van der Waals surface area (Å²) in [4.78, 5) is 10.5. The van der Waals surface area contributed by atoms with Crippen LogP contribution in [-0.4, -0.2) is 31.6 Å². The van der Waals surface area contributed by atoms with Crippen molar-refractivity contribution in [2.45, 2.75) is 26.1 Å². The fraction of sp³-hybridized carbons (Fsp3) is 0.385. The van der Waals surface area contributed by atoms with E-state index in [1.165, 1.54) is 6.07 Å². The number of hydrogen-bond acceptors (Lipinski definition) is 6. The number of aromatic nitrogens is 3. The number of aliphatic hydroxyl groups excluding tert-OH is 1. The summed E-state index contributed by atoms with van der Waals surface area (Å²) < 4.78 is 1.66. The number of para-hydroxylation sites is 1. The van der Waals surface area contributed by atoms with E-state index in [2.05, 4.69) is 15.6 Å². The maximum atomic E-state index is 10.9. The van der Waals surface area contributed by atoms with Gasteiger partial charge >= 0.3 is 0 Å². The van der Waals surface area contributed by atoms with Crippen LogP contribution in [0.4, 0.5) is 5.69 Å². The summed E-state index contributed by atoms with van der Waals surface area (Å²) >= 11 is 0. The average molecular weight is 291 g/mol. The first-order valence-corrected chi connectivity index (χ1v) is 6.63. The Morgan fingerprint density at radius 2 is 2.14 bits per heavy atom. The van der Waals surface area contributed by atoms with Crippen LogP contribution in [0.25, 0.3) is 0 Å². The zero-order valence-corrected chi connectivity index (χ0v) is 11.5. The van der Waals surface area contributed by atoms with Crippen molar-refractivity contribution in [1.82, 2.24) is 20.3 Å². The van der Waals surface area contributed by atoms with Crippen molar-refractivity contribution < 1.29 is 10.0 Å². The number of nitro benzene ring substituents is 1. The topological polar surface area (TPSA) is 106 Å². The van der Waals surface area contributed by atoms with E-state index in [1.807, 2.05) is 0 Å². The lowest BCUT2D eigenvalue weighted by Crippen LogP contribution is -2.14. The van der Waals surface area contributed by atoms with Crippen molar-refractivity contribution in [3.63, 3.8) is 0 Å². The normalized spacial score (nSPS) is 10.7. The molecule has 2 N–H and O–H groups in total. The molecule has 112 valence electrons. The van der Waals surface area contributed by atoms with Crippen LogP contribution in [0.1, 0.15) is 17.7 Å². The minimum Gasteiger partial charge on any atom is -0.396 e. The molecule has 8 heteroatoms. The van der Waals surface area contributed by atoms with E-state index >= 15 is 0 Å². The summed E-state index contributed by atoms with van der Waals surface area (Å²) in [5, 5.41) is 30.7. The highest BCUT2D eigenvalue weighted by Gasteiger charge is 2.11. The molecule has 0 spiro atoms. The third-order valence-corrected chi connectivity index (χ3v) is 2.94. The Hall–Kier alpha value is -2.32. The predicted octanol–water partition coefficient (Wildman–Crippen LogP) is 0.858. The van der Waals surface area contributed by atoms with E-state index in [0.29, 0.717) is 31.6 Å². The Morgan fingerprint density at radius 3 is 2.90 bits per heavy atom. The Bertz CT molecular complexity index is 599. The molecule has 0 radical (unpaired) electrons. The van der Waals surface area contributed by atoms with E-state index in [1.54, 1.807) is 29.1 Å². The van der Waals surface area contributed by atoms with Gasteiger partial charge in [0.05, 0.1) is 10.6 Å². The first kappa shape index (κ1) is 15.1. The third kappa shape index (κ3) is 4.33. The second-order valence-corrected chi connectivity index (χ2v) is 4.54. The molecule has 0 saturated heterocycles. The van der Waals surface area contributed by atoms with Crippen LogP contribution < -0.4 is 5.32 Å². The van der Waals surface area contributed by atoms with Gasteiger partial charge in [0.25, 0.3) is 5.69 Å². The summed E-state index contributed by atoms with van der Waals surface area (Å²) in [6.07, 6.45) is 2.43. The van der Waals surface area contributed by atoms with Gasteiger partial charge in [0, 0.05) is 44.1 Å². The van der Waals surface area contributed by atoms with Gasteiger partial charge in [0.1, 0.15) is 0 Å². The highest BCUT2D eigenvalue weighted by molar-refractivity contribution is 5.39. The molecule has 0 aliphatic rings. The van der Waals surface area contributed by atoms with Crippen LogP contribution in [0, 0.1) is 10.1 Å². The van der Waals surface area contributed by atoms with Gasteiger partial charge in [-0.15, -0.1) is 5.10 Å². The number of rotatable bonds is 8. The number of nitrogens with one attached hydrogen (secondary N) is 1. The maximum absolute atomic E-state index is 10.9. The van der Waals surface area contributed by atoms with Gasteiger partial charge in [-0.2, -0.15) is 0 Å². The van der Waals surface area contributed by atoms with E-state index in [-0.39, 0.29) is 17.2 Å². The molecule has 0 aliphatic carbocycles. The molecule has 1 heterocycles. The van der Waals surface area contributed by atoms with Crippen molar-refractivity contribution in [2.24, 2.45) is 0 Å². The van der Waals surface area contributed by atoms with Gasteiger partial charge in [-0.1, -0.05) is 23.4 Å². The SMILES string of the molecule is O=[N+]([O-])c1ccccc1CNCc1cn(CCCO)nn1. The number of nitrogens with zero attached hydrogens (tertiary/aromatic N) is 4. The molecular weight excluding hydrogens is 274 g/mol. The molecule has 1 aromatic heterocycles. The van der Waals surface area contributed by atoms with Gasteiger partial charge in [-0.25, -0.2) is 0 Å². The van der Waals surface area contributed by atoms with Crippen molar-refractivity contribution >= 4 is 5.69 Å². The Labute approximate surface area is 121 Å². The van der Waals surface area contributed by atoms with E-state index in [9.17, 15) is 10.1 Å². The number of nitro groups is 1. The fourth-order valence-electron chi connectivity index (χ4n) is 1.93. The summed E-state index contributed by atoms with van der Waals surface area (Å²) in [6.45, 7) is 1.60. The Kier molecular flexibility index (Phi) is 5.35. The molecular formula is C13H17N5O3. The zero-order chi connectivity index (χ0) is 15.1. The quantitative estimate of drug-likeness (QED) is 0.552. The van der Waals surface area contributed by atoms with Crippen LogP contribution >= 0.6 is 0 Å². The van der Waals surface area contributed by atoms with Crippen LogP contribution in [0.3, 0.4) is 0 Å². The second kappa shape index (κ2) is 7.46. The molecule has 0 unspecified atom stereocenters. The lowest BCUT2D eigenvalue weighted by molar-refractivity contribution is -0.385. The molecule has 0 bridgehead atoms. The van der Waals surface area contributed by atoms with Crippen LogP contribution in [0.15, 0.2) is 30.5 Å². The molecule has 0 fully saturated rings. The lowest BCUT2D eigenvalue weighted by atomic mass is 10.2. The van der Waals surface area contributed by atoms with Crippen LogP contribution in [-0.2, 0) is 19.6 Å². The first-order valence-electron chi connectivity index (χ1n) is 6.63. The second-order valence-electron chi connectivity index (χ2n) is 4.54. The largest absolute Gasteiger partial charge is 0.396 e. The lowest BCUT2D eigenvalue weighted by Gasteiger charge is -2.03. The van der Waals surface area contributed by atoms with E-state index < -0.39 is 0 Å². The molecule has 21 heavy (non-hydrogen) atoms. The number of aryl methyl sites for hydroxylation is 1. The number of aliphatic hydroxyl groups is 1. The van der Waals surface area contributed by atoms with Crippen molar-refractivity contribution in [1.29, 1.82) is 0 Å². The van der Waals surface area contributed by atoms with Crippen molar-refractivity contribution in [3.8, 4) is 0 Å². The number of hydrogen-bond donors (Lipinski definition) is 2. The minimum atomic E-state index is -0.387. The molecule has 0 amide bonds. The molecule has 1 aromatic carbocycles. The summed E-state index contributed by atoms with van der Waals surface area (Å²) in [5.41, 5.74) is 1.50. The van der Waals surface area contributed by atoms with Crippen molar-refractivity contribution in [2.75, 3.05) is 6.61 Å². The van der Waals surface area contributed by atoms with Gasteiger partial charge in [-0.05, 0) is 6.42 Å². The van der Waals surface area contributed by atoms with Crippen molar-refractivity contribution in [3.05, 3.63) is 51.8 Å². The fourth-order valence-corrected chi connectivity index (χ4v) is 1.93. The molecule has 2 rings (SSSR count). The molecule has 8 nitrogen and oxygen atoms in total. The highest BCUT2D eigenvalue weighted by Crippen LogP contribution is 2.17. The molecule has 0 saturated carbocycles. The monoisotopic (exact) mass is 291 g/mol. The van der Waals surface area contributed by atoms with Gasteiger partial charge in [0.2, 0.25) is 0 Å². The Balaban J connectivity index is 1.87. The maximum Gasteiger partial charge on any atom is 0.273 e. The van der Waals surface area contributed by atoms with E-state index in [0.717, 1.165) is 5.69 Å². The average Bonchev–Trinajstić information content (AvgIpc) is 2.93.